The van der Waals surface area contributed by atoms with Gasteiger partial charge in [-0.05, 0) is 33.2 Å². The van der Waals surface area contributed by atoms with Crippen LogP contribution in [0.3, 0.4) is 0 Å². The third kappa shape index (κ3) is 3.70. The van der Waals surface area contributed by atoms with Crippen LogP contribution in [0.5, 0.6) is 0 Å². The monoisotopic (exact) mass is 261 g/mol. The Morgan fingerprint density at radius 3 is 2.21 bits per heavy atom. The summed E-state index contributed by atoms with van der Waals surface area (Å²) in [5.74, 6) is 0.230. The standard InChI is InChI=1S/C15H23N3O/c1-13-4-6-14(7-5-13)17-8-10-18(11-9-17)15(19)12-16(2)3/h4-7H,8-12H2,1-3H3. The van der Waals surface area contributed by atoms with Crippen molar-refractivity contribution in [3.8, 4) is 0 Å². The van der Waals surface area contributed by atoms with Gasteiger partial charge in [0.25, 0.3) is 0 Å². The normalized spacial score (nSPS) is 16.0. The summed E-state index contributed by atoms with van der Waals surface area (Å²) in [6.45, 7) is 6.08. The average Bonchev–Trinajstić information content (AvgIpc) is 2.39. The second-order valence-electron chi connectivity index (χ2n) is 5.44. The summed E-state index contributed by atoms with van der Waals surface area (Å²) >= 11 is 0. The van der Waals surface area contributed by atoms with Gasteiger partial charge in [-0.25, -0.2) is 0 Å². The summed E-state index contributed by atoms with van der Waals surface area (Å²) in [5, 5.41) is 0. The minimum Gasteiger partial charge on any atom is -0.368 e. The number of nitrogens with zero attached hydrogens (tertiary/aromatic N) is 3. The maximum atomic E-state index is 12.0. The van der Waals surface area contributed by atoms with E-state index in [-0.39, 0.29) is 5.91 Å². The Hall–Kier alpha value is -1.55. The predicted octanol–water partition coefficient (Wildman–Crippen LogP) is 1.21. The van der Waals surface area contributed by atoms with Crippen molar-refractivity contribution in [2.75, 3.05) is 51.7 Å². The van der Waals surface area contributed by atoms with E-state index >= 15 is 0 Å². The van der Waals surface area contributed by atoms with Crippen molar-refractivity contribution in [1.82, 2.24) is 9.80 Å². The fourth-order valence-electron chi connectivity index (χ4n) is 2.34. The van der Waals surface area contributed by atoms with Crippen LogP contribution >= 0.6 is 0 Å². The molecule has 1 fully saturated rings. The van der Waals surface area contributed by atoms with Gasteiger partial charge in [0.05, 0.1) is 6.54 Å². The van der Waals surface area contributed by atoms with E-state index in [0.717, 1.165) is 26.2 Å². The quantitative estimate of drug-likeness (QED) is 0.818. The summed E-state index contributed by atoms with van der Waals surface area (Å²) in [5.41, 5.74) is 2.54. The van der Waals surface area contributed by atoms with E-state index in [0.29, 0.717) is 6.54 Å². The van der Waals surface area contributed by atoms with Crippen LogP contribution in [-0.4, -0.2) is 62.5 Å². The molecular formula is C15H23N3O. The van der Waals surface area contributed by atoms with Crippen molar-refractivity contribution in [3.63, 3.8) is 0 Å². The van der Waals surface area contributed by atoms with E-state index in [4.69, 9.17) is 0 Å². The third-order valence-electron chi connectivity index (χ3n) is 3.48. The summed E-state index contributed by atoms with van der Waals surface area (Å²) < 4.78 is 0. The first-order valence-electron chi connectivity index (χ1n) is 6.80. The van der Waals surface area contributed by atoms with Crippen LogP contribution in [0.1, 0.15) is 5.56 Å². The van der Waals surface area contributed by atoms with Crippen LogP contribution < -0.4 is 4.90 Å². The molecule has 0 aliphatic carbocycles. The molecule has 1 heterocycles. The molecule has 0 aromatic heterocycles. The van der Waals surface area contributed by atoms with Gasteiger partial charge in [-0.1, -0.05) is 17.7 Å². The molecule has 104 valence electrons. The number of hydrogen-bond donors (Lipinski definition) is 0. The highest BCUT2D eigenvalue weighted by Crippen LogP contribution is 2.17. The molecule has 4 nitrogen and oxygen atoms in total. The number of carbonyl (C=O) groups is 1. The molecule has 0 bridgehead atoms. The first kappa shape index (κ1) is 13.9. The Morgan fingerprint density at radius 1 is 1.11 bits per heavy atom. The Bertz CT molecular complexity index is 420. The smallest absolute Gasteiger partial charge is 0.236 e. The molecule has 1 saturated heterocycles. The number of benzene rings is 1. The van der Waals surface area contributed by atoms with Crippen LogP contribution in [0.25, 0.3) is 0 Å². The number of carbonyl (C=O) groups excluding carboxylic acids is 1. The molecule has 1 aliphatic heterocycles. The molecule has 0 atom stereocenters. The molecular weight excluding hydrogens is 238 g/mol. The van der Waals surface area contributed by atoms with E-state index in [1.165, 1.54) is 11.3 Å². The summed E-state index contributed by atoms with van der Waals surface area (Å²) in [7, 11) is 3.86. The summed E-state index contributed by atoms with van der Waals surface area (Å²) in [6.07, 6.45) is 0. The highest BCUT2D eigenvalue weighted by molar-refractivity contribution is 5.78. The Labute approximate surface area is 115 Å². The first-order chi connectivity index (χ1) is 9.06. The Kier molecular flexibility index (Phi) is 4.43. The van der Waals surface area contributed by atoms with Crippen LogP contribution in [0, 0.1) is 6.92 Å². The van der Waals surface area contributed by atoms with Gasteiger partial charge < -0.3 is 14.7 Å². The first-order valence-corrected chi connectivity index (χ1v) is 6.80. The molecule has 0 radical (unpaired) electrons. The molecule has 4 heteroatoms. The maximum Gasteiger partial charge on any atom is 0.236 e. The number of hydrogen-bond acceptors (Lipinski definition) is 3. The van der Waals surface area contributed by atoms with E-state index < -0.39 is 0 Å². The Morgan fingerprint density at radius 2 is 1.68 bits per heavy atom. The zero-order valence-electron chi connectivity index (χ0n) is 12.1. The maximum absolute atomic E-state index is 12.0. The van der Waals surface area contributed by atoms with E-state index in [9.17, 15) is 4.79 Å². The summed E-state index contributed by atoms with van der Waals surface area (Å²) in [4.78, 5) is 18.2. The molecule has 0 unspecified atom stereocenters. The van der Waals surface area contributed by atoms with Crippen molar-refractivity contribution >= 4 is 11.6 Å². The molecule has 19 heavy (non-hydrogen) atoms. The predicted molar refractivity (Wildman–Crippen MR) is 78.5 cm³/mol. The fourth-order valence-corrected chi connectivity index (χ4v) is 2.34. The van der Waals surface area contributed by atoms with Crippen molar-refractivity contribution in [2.45, 2.75) is 6.92 Å². The van der Waals surface area contributed by atoms with Gasteiger partial charge in [-0.3, -0.25) is 4.79 Å². The van der Waals surface area contributed by atoms with Crippen molar-refractivity contribution in [2.24, 2.45) is 0 Å². The molecule has 1 aliphatic rings. The zero-order valence-corrected chi connectivity index (χ0v) is 12.1. The van der Waals surface area contributed by atoms with Crippen LogP contribution in [-0.2, 0) is 4.79 Å². The lowest BCUT2D eigenvalue weighted by Crippen LogP contribution is -2.50. The van der Waals surface area contributed by atoms with Gasteiger partial charge in [0.2, 0.25) is 5.91 Å². The van der Waals surface area contributed by atoms with Crippen molar-refractivity contribution in [3.05, 3.63) is 29.8 Å². The molecule has 1 aromatic carbocycles. The van der Waals surface area contributed by atoms with Crippen LogP contribution in [0.4, 0.5) is 5.69 Å². The van der Waals surface area contributed by atoms with Gasteiger partial charge >= 0.3 is 0 Å². The van der Waals surface area contributed by atoms with E-state index in [1.54, 1.807) is 0 Å². The molecule has 1 aromatic rings. The molecule has 0 spiro atoms. The van der Waals surface area contributed by atoms with Crippen molar-refractivity contribution < 1.29 is 4.79 Å². The molecule has 2 rings (SSSR count). The average molecular weight is 261 g/mol. The zero-order chi connectivity index (χ0) is 13.8. The van der Waals surface area contributed by atoms with Gasteiger partial charge in [0.15, 0.2) is 0 Å². The second-order valence-corrected chi connectivity index (χ2v) is 5.44. The number of piperazine rings is 1. The Balaban J connectivity index is 1.88. The second kappa shape index (κ2) is 6.06. The van der Waals surface area contributed by atoms with Crippen molar-refractivity contribution in [1.29, 1.82) is 0 Å². The highest BCUT2D eigenvalue weighted by atomic mass is 16.2. The molecule has 0 saturated carbocycles. The van der Waals surface area contributed by atoms with E-state index in [2.05, 4.69) is 36.1 Å². The van der Waals surface area contributed by atoms with Crippen LogP contribution in [0.15, 0.2) is 24.3 Å². The minimum atomic E-state index is 0.230. The van der Waals surface area contributed by atoms with Crippen LogP contribution in [0.2, 0.25) is 0 Å². The number of aryl methyl sites for hydroxylation is 1. The summed E-state index contributed by atoms with van der Waals surface area (Å²) in [6, 6.07) is 8.59. The van der Waals surface area contributed by atoms with Gasteiger partial charge in [-0.15, -0.1) is 0 Å². The third-order valence-corrected chi connectivity index (χ3v) is 3.48. The van der Waals surface area contributed by atoms with Gasteiger partial charge in [-0.2, -0.15) is 0 Å². The van der Waals surface area contributed by atoms with Gasteiger partial charge in [0, 0.05) is 31.9 Å². The largest absolute Gasteiger partial charge is 0.368 e. The van der Waals surface area contributed by atoms with E-state index in [1.807, 2.05) is 23.9 Å². The fraction of sp³-hybridized carbons (Fsp3) is 0.533. The SMILES string of the molecule is Cc1ccc(N2CCN(C(=O)CN(C)C)CC2)cc1. The number of rotatable bonds is 3. The number of anilines is 1. The lowest BCUT2D eigenvalue weighted by atomic mass is 10.2. The minimum absolute atomic E-state index is 0.230. The number of likely N-dealkylation sites (N-methyl/N-ethyl adjacent to an activating group) is 1. The van der Waals surface area contributed by atoms with Gasteiger partial charge in [0.1, 0.15) is 0 Å². The topological polar surface area (TPSA) is 26.8 Å². The lowest BCUT2D eigenvalue weighted by molar-refractivity contribution is -0.132. The molecule has 0 N–H and O–H groups in total. The molecule has 1 amide bonds. The highest BCUT2D eigenvalue weighted by Gasteiger charge is 2.21. The lowest BCUT2D eigenvalue weighted by Gasteiger charge is -2.36. The number of amides is 1.